The average molecular weight is 360 g/mol. The minimum absolute atomic E-state index is 0.0261. The lowest BCUT2D eigenvalue weighted by Crippen LogP contribution is -2.45. The molecule has 4 rings (SSSR count). The summed E-state index contributed by atoms with van der Waals surface area (Å²) in [4.78, 5) is 27.5. The molecule has 1 unspecified atom stereocenters. The summed E-state index contributed by atoms with van der Waals surface area (Å²) in [5, 5.41) is 3.07. The van der Waals surface area contributed by atoms with Crippen molar-refractivity contribution in [1.82, 2.24) is 9.47 Å². The van der Waals surface area contributed by atoms with E-state index in [2.05, 4.69) is 10.1 Å². The lowest BCUT2D eigenvalue weighted by Gasteiger charge is -2.37. The summed E-state index contributed by atoms with van der Waals surface area (Å²) in [5.41, 5.74) is 0.934. The molecule has 1 saturated heterocycles. The van der Waals surface area contributed by atoms with Crippen LogP contribution in [0.1, 0.15) is 18.5 Å². The summed E-state index contributed by atoms with van der Waals surface area (Å²) >= 11 is 0. The lowest BCUT2D eigenvalue weighted by atomic mass is 10.1. The number of halogens is 1. The quantitative estimate of drug-likeness (QED) is 0.785. The first-order valence-corrected chi connectivity index (χ1v) is 8.77. The smallest absolute Gasteiger partial charge is 0.194 e. The molecule has 0 saturated carbocycles. The molecule has 1 fully saturated rings. The van der Waals surface area contributed by atoms with Crippen LogP contribution in [0.5, 0.6) is 5.75 Å². The van der Waals surface area contributed by atoms with Crippen molar-refractivity contribution >= 4 is 16.6 Å². The van der Waals surface area contributed by atoms with Crippen LogP contribution in [0.3, 0.4) is 0 Å². The number of nitrogens with zero attached hydrogens (tertiary/aromatic N) is 4. The molecule has 0 N–H and O–H groups in total. The largest absolute Gasteiger partial charge is 0.487 e. The van der Waals surface area contributed by atoms with Crippen molar-refractivity contribution in [2.24, 2.45) is 5.18 Å². The lowest BCUT2D eigenvalue weighted by molar-refractivity contribution is 0.244. The summed E-state index contributed by atoms with van der Waals surface area (Å²) in [7, 11) is 2.04. The fraction of sp³-hybridized carbons (Fsp3) is 0.500. The molecule has 0 aliphatic carbocycles. The molecule has 7 nitrogen and oxygen atoms in total. The van der Waals surface area contributed by atoms with Crippen LogP contribution in [-0.2, 0) is 6.54 Å². The van der Waals surface area contributed by atoms with Crippen LogP contribution < -0.4 is 15.1 Å². The number of piperazine rings is 1. The van der Waals surface area contributed by atoms with Gasteiger partial charge in [-0.25, -0.2) is 4.39 Å². The van der Waals surface area contributed by atoms with Gasteiger partial charge in [-0.05, 0) is 20.0 Å². The van der Waals surface area contributed by atoms with E-state index in [4.69, 9.17) is 4.74 Å². The zero-order valence-electron chi connectivity index (χ0n) is 14.9. The second kappa shape index (κ2) is 6.35. The fourth-order valence-corrected chi connectivity index (χ4v) is 3.78. The SMILES string of the molecule is CC1COc2c(N3CCN(C)CC3)c(F)cc3c(=O)c(CN=O)cn1c23. The number of likely N-dealkylation sites (N-methyl/N-ethyl adjacent to an activating group) is 1. The first-order valence-electron chi connectivity index (χ1n) is 8.77. The van der Waals surface area contributed by atoms with Crippen LogP contribution in [-0.4, -0.2) is 49.3 Å². The van der Waals surface area contributed by atoms with Gasteiger partial charge >= 0.3 is 0 Å². The van der Waals surface area contributed by atoms with Crippen LogP contribution >= 0.6 is 0 Å². The standard InChI is InChI=1S/C18H21FN4O3/c1-11-10-26-18-15-13(17(24)12(8-20-25)9-23(11)15)7-14(19)16(18)22-5-3-21(2)4-6-22/h7,9,11H,3-6,8,10H2,1-2H3. The highest BCUT2D eigenvalue weighted by Crippen LogP contribution is 2.42. The minimum atomic E-state index is -0.466. The second-order valence-corrected chi connectivity index (χ2v) is 7.06. The van der Waals surface area contributed by atoms with Gasteiger partial charge in [0.1, 0.15) is 18.8 Å². The van der Waals surface area contributed by atoms with Crippen molar-refractivity contribution in [2.75, 3.05) is 44.7 Å². The van der Waals surface area contributed by atoms with Crippen LogP contribution in [0.4, 0.5) is 10.1 Å². The molecule has 1 atom stereocenters. The molecular weight excluding hydrogens is 339 g/mol. The first kappa shape index (κ1) is 17.0. The molecule has 2 aliphatic rings. The third kappa shape index (κ3) is 2.56. The van der Waals surface area contributed by atoms with E-state index in [0.29, 0.717) is 36.6 Å². The number of nitroso groups, excluding NO2 is 1. The number of anilines is 1. The van der Waals surface area contributed by atoms with E-state index in [-0.39, 0.29) is 29.0 Å². The molecule has 0 amide bonds. The predicted octanol–water partition coefficient (Wildman–Crippen LogP) is 2.11. The molecule has 0 radical (unpaired) electrons. The first-order chi connectivity index (χ1) is 12.5. The highest BCUT2D eigenvalue weighted by molar-refractivity contribution is 5.92. The summed E-state index contributed by atoms with van der Waals surface area (Å²) in [6.45, 7) is 5.19. The van der Waals surface area contributed by atoms with Crippen molar-refractivity contribution in [3.05, 3.63) is 38.8 Å². The van der Waals surface area contributed by atoms with Gasteiger partial charge in [-0.2, -0.15) is 4.91 Å². The van der Waals surface area contributed by atoms with Crippen molar-refractivity contribution in [1.29, 1.82) is 0 Å². The normalized spacial score (nSPS) is 20.3. The number of aromatic nitrogens is 1. The van der Waals surface area contributed by atoms with Crippen LogP contribution in [0.2, 0.25) is 0 Å². The van der Waals surface area contributed by atoms with Gasteiger partial charge in [0, 0.05) is 37.9 Å². The number of rotatable bonds is 3. The molecular formula is C18H21FN4O3. The molecule has 1 aromatic carbocycles. The Morgan fingerprint density at radius 1 is 1.31 bits per heavy atom. The maximum Gasteiger partial charge on any atom is 0.194 e. The molecule has 2 aromatic rings. The van der Waals surface area contributed by atoms with Gasteiger partial charge in [-0.15, -0.1) is 0 Å². The molecule has 0 bridgehead atoms. The predicted molar refractivity (Wildman–Crippen MR) is 97.6 cm³/mol. The fourth-order valence-electron chi connectivity index (χ4n) is 3.78. The third-order valence-electron chi connectivity index (χ3n) is 5.27. The van der Waals surface area contributed by atoms with Crippen molar-refractivity contribution in [2.45, 2.75) is 19.5 Å². The van der Waals surface area contributed by atoms with Gasteiger partial charge in [-0.1, -0.05) is 5.18 Å². The summed E-state index contributed by atoms with van der Waals surface area (Å²) < 4.78 is 22.9. The van der Waals surface area contributed by atoms with E-state index in [1.165, 1.54) is 6.07 Å². The highest BCUT2D eigenvalue weighted by atomic mass is 19.1. The summed E-state index contributed by atoms with van der Waals surface area (Å²) in [6, 6.07) is 1.25. The van der Waals surface area contributed by atoms with Gasteiger partial charge in [-0.3, -0.25) is 4.79 Å². The topological polar surface area (TPSA) is 67.1 Å². The van der Waals surface area contributed by atoms with Crippen molar-refractivity contribution in [3.8, 4) is 5.75 Å². The van der Waals surface area contributed by atoms with Crippen molar-refractivity contribution in [3.63, 3.8) is 0 Å². The monoisotopic (exact) mass is 360 g/mol. The summed E-state index contributed by atoms with van der Waals surface area (Å²) in [6.07, 6.45) is 1.66. The Morgan fingerprint density at radius 3 is 2.73 bits per heavy atom. The third-order valence-corrected chi connectivity index (χ3v) is 5.27. The zero-order valence-corrected chi connectivity index (χ0v) is 14.9. The molecule has 2 aliphatic heterocycles. The Labute approximate surface area is 149 Å². The number of hydrogen-bond acceptors (Lipinski definition) is 6. The number of hydrogen-bond donors (Lipinski definition) is 0. The van der Waals surface area contributed by atoms with E-state index in [1.54, 1.807) is 6.20 Å². The van der Waals surface area contributed by atoms with E-state index in [0.717, 1.165) is 13.1 Å². The highest BCUT2D eigenvalue weighted by Gasteiger charge is 2.30. The van der Waals surface area contributed by atoms with Gasteiger partial charge in [0.15, 0.2) is 17.0 Å². The van der Waals surface area contributed by atoms with Gasteiger partial charge in [0.25, 0.3) is 0 Å². The van der Waals surface area contributed by atoms with Crippen LogP contribution in [0.15, 0.2) is 22.2 Å². The molecule has 8 heteroatoms. The number of benzene rings is 1. The zero-order chi connectivity index (χ0) is 18.4. The van der Waals surface area contributed by atoms with Gasteiger partial charge in [0.05, 0.1) is 16.9 Å². The molecule has 3 heterocycles. The van der Waals surface area contributed by atoms with Gasteiger partial charge in [0.2, 0.25) is 0 Å². The second-order valence-electron chi connectivity index (χ2n) is 7.06. The number of pyridine rings is 1. The van der Waals surface area contributed by atoms with Gasteiger partial charge < -0.3 is 19.1 Å². The molecule has 26 heavy (non-hydrogen) atoms. The Hall–Kier alpha value is -2.48. The van der Waals surface area contributed by atoms with E-state index < -0.39 is 5.82 Å². The minimum Gasteiger partial charge on any atom is -0.487 e. The molecule has 0 spiro atoms. The average Bonchev–Trinajstić information content (AvgIpc) is 2.62. The van der Waals surface area contributed by atoms with E-state index in [9.17, 15) is 9.70 Å². The summed E-state index contributed by atoms with van der Waals surface area (Å²) in [5.74, 6) is -0.0446. The maximum absolute atomic E-state index is 15.0. The van der Waals surface area contributed by atoms with Crippen LogP contribution in [0, 0.1) is 10.7 Å². The molecule has 138 valence electrons. The Bertz CT molecular complexity index is 934. The Kier molecular flexibility index (Phi) is 4.14. The van der Waals surface area contributed by atoms with E-state index >= 15 is 4.39 Å². The van der Waals surface area contributed by atoms with E-state index in [1.807, 2.05) is 23.4 Å². The van der Waals surface area contributed by atoms with Crippen LogP contribution in [0.25, 0.3) is 10.9 Å². The maximum atomic E-state index is 15.0. The number of ether oxygens (including phenoxy) is 1. The van der Waals surface area contributed by atoms with Crippen molar-refractivity contribution < 1.29 is 9.13 Å². The Balaban J connectivity index is 1.97. The Morgan fingerprint density at radius 2 is 2.04 bits per heavy atom. The molecule has 1 aromatic heterocycles.